The predicted octanol–water partition coefficient (Wildman–Crippen LogP) is 4.92. The maximum atomic E-state index is 13.4. The molecule has 170 valence electrons. The number of ether oxygens (including phenoxy) is 1. The van der Waals surface area contributed by atoms with Gasteiger partial charge in [0.1, 0.15) is 5.82 Å². The Kier molecular flexibility index (Phi) is 7.10. The molecule has 1 amide bonds. The normalized spacial score (nSPS) is 10.9. The number of halogens is 2. The van der Waals surface area contributed by atoms with Crippen molar-refractivity contribution in [2.45, 2.75) is 0 Å². The van der Waals surface area contributed by atoms with Crippen LogP contribution in [0.3, 0.4) is 0 Å². The molecule has 0 unspecified atom stereocenters. The van der Waals surface area contributed by atoms with Crippen LogP contribution < -0.4 is 5.32 Å². The lowest BCUT2D eigenvalue weighted by atomic mass is 10.1. The Bertz CT molecular complexity index is 1340. The van der Waals surface area contributed by atoms with Crippen molar-refractivity contribution < 1.29 is 18.7 Å². The number of carbonyl (C=O) groups is 2. The monoisotopic (exact) mass is 476 g/mol. The Morgan fingerprint density at radius 2 is 1.82 bits per heavy atom. The van der Waals surface area contributed by atoms with Gasteiger partial charge in [0.15, 0.2) is 11.8 Å². The summed E-state index contributed by atoms with van der Waals surface area (Å²) in [6.45, 7) is -0.498. The minimum atomic E-state index is -0.718. The molecule has 0 fully saturated rings. The van der Waals surface area contributed by atoms with E-state index in [0.29, 0.717) is 22.5 Å². The van der Waals surface area contributed by atoms with E-state index in [1.165, 1.54) is 30.5 Å². The van der Waals surface area contributed by atoms with Gasteiger partial charge in [-0.2, -0.15) is 5.10 Å². The van der Waals surface area contributed by atoms with Crippen molar-refractivity contribution in [3.05, 3.63) is 102 Å². The summed E-state index contributed by atoms with van der Waals surface area (Å²) in [5.41, 5.74) is 2.98. The first-order valence-corrected chi connectivity index (χ1v) is 10.5. The van der Waals surface area contributed by atoms with Gasteiger partial charge in [0.25, 0.3) is 5.91 Å². The second-order valence-corrected chi connectivity index (χ2v) is 7.41. The average molecular weight is 477 g/mol. The number of hydrogen-bond donors (Lipinski definition) is 1. The van der Waals surface area contributed by atoms with Crippen molar-refractivity contribution >= 4 is 35.2 Å². The lowest BCUT2D eigenvalue weighted by Gasteiger charge is -2.06. The zero-order valence-corrected chi connectivity index (χ0v) is 18.4. The first-order valence-electron chi connectivity index (χ1n) is 10.2. The van der Waals surface area contributed by atoms with Crippen LogP contribution >= 0.6 is 11.6 Å². The molecular weight excluding hydrogens is 459 g/mol. The van der Waals surface area contributed by atoms with Gasteiger partial charge in [0.2, 0.25) is 0 Å². The maximum Gasteiger partial charge on any atom is 0.331 e. The highest BCUT2D eigenvalue weighted by molar-refractivity contribution is 6.32. The Labute approximate surface area is 199 Å². The highest BCUT2D eigenvalue weighted by Gasteiger charge is 2.12. The Balaban J connectivity index is 1.48. The van der Waals surface area contributed by atoms with Crippen LogP contribution in [-0.4, -0.2) is 33.2 Å². The zero-order valence-electron chi connectivity index (χ0n) is 17.7. The number of anilines is 1. The number of rotatable bonds is 7. The maximum absolute atomic E-state index is 13.4. The van der Waals surface area contributed by atoms with E-state index in [-0.39, 0.29) is 11.0 Å². The molecule has 0 aliphatic carbocycles. The summed E-state index contributed by atoms with van der Waals surface area (Å²) in [6, 6.07) is 18.5. The van der Waals surface area contributed by atoms with E-state index in [0.717, 1.165) is 5.69 Å². The van der Waals surface area contributed by atoms with Crippen LogP contribution in [0.2, 0.25) is 5.15 Å². The number of para-hydroxylation sites is 1. The molecule has 1 N–H and O–H groups in total. The topological polar surface area (TPSA) is 86.1 Å². The largest absolute Gasteiger partial charge is 0.452 e. The molecule has 0 radical (unpaired) electrons. The lowest BCUT2D eigenvalue weighted by Crippen LogP contribution is -2.20. The molecular formula is C25H18ClFN4O3. The van der Waals surface area contributed by atoms with Crippen LogP contribution in [0.15, 0.2) is 85.2 Å². The summed E-state index contributed by atoms with van der Waals surface area (Å²) in [5.74, 6) is -1.64. The molecule has 0 bridgehead atoms. The summed E-state index contributed by atoms with van der Waals surface area (Å²) in [6.07, 6.45) is 5.96. The predicted molar refractivity (Wildman–Crippen MR) is 127 cm³/mol. The number of aromatic nitrogens is 3. The van der Waals surface area contributed by atoms with E-state index in [2.05, 4.69) is 15.4 Å². The third-order valence-corrected chi connectivity index (χ3v) is 4.96. The van der Waals surface area contributed by atoms with Crippen molar-refractivity contribution in [1.29, 1.82) is 0 Å². The van der Waals surface area contributed by atoms with Gasteiger partial charge in [-0.15, -0.1) is 0 Å². The molecule has 9 heteroatoms. The highest BCUT2D eigenvalue weighted by atomic mass is 35.5. The zero-order chi connectivity index (χ0) is 23.9. The molecule has 0 saturated carbocycles. The number of nitrogens with zero attached hydrogens (tertiary/aromatic N) is 3. The van der Waals surface area contributed by atoms with Gasteiger partial charge in [-0.05, 0) is 54.6 Å². The molecule has 4 aromatic rings. The van der Waals surface area contributed by atoms with Gasteiger partial charge in [0.05, 0.1) is 17.1 Å². The summed E-state index contributed by atoms with van der Waals surface area (Å²) >= 11 is 5.90. The Hall–Kier alpha value is -4.30. The van der Waals surface area contributed by atoms with E-state index >= 15 is 0 Å². The van der Waals surface area contributed by atoms with Crippen molar-refractivity contribution in [3.63, 3.8) is 0 Å². The van der Waals surface area contributed by atoms with Crippen LogP contribution in [0.25, 0.3) is 23.0 Å². The molecule has 0 spiro atoms. The fourth-order valence-corrected chi connectivity index (χ4v) is 3.23. The number of carbonyl (C=O) groups excluding carboxylic acids is 2. The molecule has 0 aliphatic rings. The molecule has 0 saturated heterocycles. The van der Waals surface area contributed by atoms with Gasteiger partial charge >= 0.3 is 5.97 Å². The molecule has 2 aromatic heterocycles. The second-order valence-electron chi connectivity index (χ2n) is 7.05. The number of esters is 1. The number of pyridine rings is 1. The van der Waals surface area contributed by atoms with Gasteiger partial charge in [-0.25, -0.2) is 18.9 Å². The number of nitrogens with one attached hydrogen (secondary N) is 1. The van der Waals surface area contributed by atoms with Gasteiger partial charge in [0, 0.05) is 29.6 Å². The highest BCUT2D eigenvalue weighted by Crippen LogP contribution is 2.25. The second kappa shape index (κ2) is 10.5. The van der Waals surface area contributed by atoms with Gasteiger partial charge in [-0.1, -0.05) is 29.8 Å². The van der Waals surface area contributed by atoms with Gasteiger partial charge < -0.3 is 10.1 Å². The molecule has 0 atom stereocenters. The number of hydrogen-bond acceptors (Lipinski definition) is 5. The van der Waals surface area contributed by atoms with Crippen molar-refractivity contribution in [2.75, 3.05) is 11.9 Å². The summed E-state index contributed by atoms with van der Waals surface area (Å²) in [7, 11) is 0. The summed E-state index contributed by atoms with van der Waals surface area (Å²) < 4.78 is 20.1. The SMILES string of the molecule is O=C(COC(=O)/C=C/c1cn(-c2ccccc2)nc1-c1ccc(F)cc1)Nc1cccnc1Cl. The number of amides is 1. The fraction of sp³-hybridized carbons (Fsp3) is 0.0400. The van der Waals surface area contributed by atoms with Crippen LogP contribution in [0.1, 0.15) is 5.56 Å². The first kappa shape index (κ1) is 22.9. The minimum absolute atomic E-state index is 0.130. The van der Waals surface area contributed by atoms with Crippen molar-refractivity contribution in [3.8, 4) is 16.9 Å². The summed E-state index contributed by atoms with van der Waals surface area (Å²) in [5, 5.41) is 7.24. The standard InChI is InChI=1S/C25H18ClFN4O3/c26-25-21(7-4-14-28-25)29-22(32)16-34-23(33)13-10-18-15-31(20-5-2-1-3-6-20)30-24(18)17-8-11-19(27)12-9-17/h1-15H,16H2,(H,29,32)/b13-10+. The smallest absolute Gasteiger partial charge is 0.331 e. The molecule has 4 rings (SSSR count). The lowest BCUT2D eigenvalue weighted by molar-refractivity contribution is -0.142. The first-order chi connectivity index (χ1) is 16.5. The van der Waals surface area contributed by atoms with Crippen molar-refractivity contribution in [2.24, 2.45) is 0 Å². The number of benzene rings is 2. The molecule has 34 heavy (non-hydrogen) atoms. The molecule has 0 aliphatic heterocycles. The Morgan fingerprint density at radius 3 is 2.56 bits per heavy atom. The molecule has 2 heterocycles. The van der Waals surface area contributed by atoms with E-state index in [9.17, 15) is 14.0 Å². The van der Waals surface area contributed by atoms with Crippen LogP contribution in [0.5, 0.6) is 0 Å². The molecule has 2 aromatic carbocycles. The third-order valence-electron chi connectivity index (χ3n) is 4.66. The van der Waals surface area contributed by atoms with Crippen LogP contribution in [-0.2, 0) is 14.3 Å². The van der Waals surface area contributed by atoms with E-state index in [4.69, 9.17) is 16.3 Å². The molecule has 7 nitrogen and oxygen atoms in total. The van der Waals surface area contributed by atoms with Gasteiger partial charge in [-0.3, -0.25) is 4.79 Å². The van der Waals surface area contributed by atoms with Crippen LogP contribution in [0.4, 0.5) is 10.1 Å². The van der Waals surface area contributed by atoms with Crippen LogP contribution in [0, 0.1) is 5.82 Å². The van der Waals surface area contributed by atoms with E-state index in [1.807, 2.05) is 30.3 Å². The fourth-order valence-electron chi connectivity index (χ4n) is 3.06. The van der Waals surface area contributed by atoms with E-state index < -0.39 is 18.5 Å². The minimum Gasteiger partial charge on any atom is -0.452 e. The summed E-state index contributed by atoms with van der Waals surface area (Å²) in [4.78, 5) is 28.1. The van der Waals surface area contributed by atoms with E-state index in [1.54, 1.807) is 35.1 Å². The Morgan fingerprint density at radius 1 is 1.06 bits per heavy atom. The average Bonchev–Trinajstić information content (AvgIpc) is 3.28. The van der Waals surface area contributed by atoms with Crippen molar-refractivity contribution in [1.82, 2.24) is 14.8 Å². The quantitative estimate of drug-likeness (QED) is 0.232. The third kappa shape index (κ3) is 5.73.